The van der Waals surface area contributed by atoms with E-state index < -0.39 is 18.0 Å². The number of aromatic nitrogens is 2. The third-order valence-electron chi connectivity index (χ3n) is 4.84. The number of aryl methyl sites for hydroxylation is 1. The van der Waals surface area contributed by atoms with Gasteiger partial charge in [-0.2, -0.15) is 0 Å². The fourth-order valence-corrected chi connectivity index (χ4v) is 4.99. The van der Waals surface area contributed by atoms with Crippen molar-refractivity contribution in [2.45, 2.75) is 30.6 Å². The lowest BCUT2D eigenvalue weighted by molar-refractivity contribution is -0.139. The van der Waals surface area contributed by atoms with E-state index in [0.29, 0.717) is 32.3 Å². The molecule has 3 N–H and O–H groups in total. The number of nitrogens with zero attached hydrogens (tertiary/aromatic N) is 2. The Morgan fingerprint density at radius 2 is 2.06 bits per heavy atom. The minimum Gasteiger partial charge on any atom is -0.467 e. The fourth-order valence-electron chi connectivity index (χ4n) is 3.25. The normalized spacial score (nSPS) is 15.7. The number of furan rings is 1. The first-order valence-corrected chi connectivity index (χ1v) is 12.2. The number of nitrogens with one attached hydrogen (secondary N) is 3. The standard InChI is InChI=1S/C22H23N5O4S2/c1-3-13-7-9-14(10-8-13)23-21-26-27-22(33-21)32-12-15-17(19(28)30-4-2)18(25-20(29)24-15)16-6-5-11-31-16/h5-11,18H,3-4,12H2,1-2H3,(H,23,26)(H2,24,25,29)/t18-/m0/s1. The summed E-state index contributed by atoms with van der Waals surface area (Å²) in [5.74, 6) is 0.238. The van der Waals surface area contributed by atoms with Crippen LogP contribution in [0.1, 0.15) is 31.2 Å². The number of urea groups is 1. The van der Waals surface area contributed by atoms with E-state index in [4.69, 9.17) is 9.15 Å². The predicted octanol–water partition coefficient (Wildman–Crippen LogP) is 4.40. The fraction of sp³-hybridized carbons (Fsp3) is 0.273. The van der Waals surface area contributed by atoms with Crippen LogP contribution in [-0.2, 0) is 16.0 Å². The summed E-state index contributed by atoms with van der Waals surface area (Å²) in [6.45, 7) is 4.06. The first-order chi connectivity index (χ1) is 16.1. The Bertz CT molecular complexity index is 1140. The van der Waals surface area contributed by atoms with Crippen molar-refractivity contribution in [3.63, 3.8) is 0 Å². The number of carbonyl (C=O) groups is 2. The van der Waals surface area contributed by atoms with E-state index in [2.05, 4.69) is 45.2 Å². The van der Waals surface area contributed by atoms with E-state index in [1.54, 1.807) is 19.1 Å². The zero-order valence-electron chi connectivity index (χ0n) is 18.1. The summed E-state index contributed by atoms with van der Waals surface area (Å²) in [6.07, 6.45) is 2.47. The summed E-state index contributed by atoms with van der Waals surface area (Å²) in [5, 5.41) is 17.8. The van der Waals surface area contributed by atoms with E-state index >= 15 is 0 Å². The Labute approximate surface area is 199 Å². The number of hydrogen-bond acceptors (Lipinski definition) is 9. The number of amides is 2. The van der Waals surface area contributed by atoms with Gasteiger partial charge in [0.25, 0.3) is 0 Å². The van der Waals surface area contributed by atoms with Gasteiger partial charge < -0.3 is 25.1 Å². The summed E-state index contributed by atoms with van der Waals surface area (Å²) in [6, 6.07) is 10.4. The number of hydrogen-bond donors (Lipinski definition) is 3. The molecule has 0 aliphatic carbocycles. The Kier molecular flexibility index (Phi) is 7.30. The Morgan fingerprint density at radius 3 is 2.76 bits per heavy atom. The number of carbonyl (C=O) groups excluding carboxylic acids is 2. The molecule has 0 saturated heterocycles. The largest absolute Gasteiger partial charge is 0.467 e. The first kappa shape index (κ1) is 22.9. The molecule has 2 amide bonds. The molecule has 3 aromatic rings. The highest BCUT2D eigenvalue weighted by atomic mass is 32.2. The minimum absolute atomic E-state index is 0.215. The number of anilines is 2. The maximum absolute atomic E-state index is 12.7. The third kappa shape index (κ3) is 5.55. The van der Waals surface area contributed by atoms with Gasteiger partial charge in [-0.05, 0) is 43.2 Å². The van der Waals surface area contributed by atoms with Crippen LogP contribution in [0, 0.1) is 0 Å². The molecule has 0 unspecified atom stereocenters. The number of benzene rings is 1. The quantitative estimate of drug-likeness (QED) is 0.301. The average Bonchev–Trinajstić information content (AvgIpc) is 3.50. The van der Waals surface area contributed by atoms with Crippen molar-refractivity contribution in [3.8, 4) is 0 Å². The molecule has 1 aromatic carbocycles. The van der Waals surface area contributed by atoms with Gasteiger partial charge in [0.15, 0.2) is 4.34 Å². The highest BCUT2D eigenvalue weighted by Crippen LogP contribution is 2.33. The SMILES string of the molecule is CCOC(=O)C1=C(CSc2nnc(Nc3ccc(CC)cc3)s2)NC(=O)N[C@H]1c1ccco1. The molecule has 1 aliphatic rings. The lowest BCUT2D eigenvalue weighted by Crippen LogP contribution is -2.46. The van der Waals surface area contributed by atoms with Crippen LogP contribution in [-0.4, -0.2) is 34.6 Å². The topological polar surface area (TPSA) is 118 Å². The Hall–Kier alpha value is -3.31. The van der Waals surface area contributed by atoms with Gasteiger partial charge in [-0.25, -0.2) is 9.59 Å². The molecule has 1 atom stereocenters. The van der Waals surface area contributed by atoms with Crippen molar-refractivity contribution in [2.24, 2.45) is 0 Å². The summed E-state index contributed by atoms with van der Waals surface area (Å²) < 4.78 is 11.4. The Morgan fingerprint density at radius 1 is 1.24 bits per heavy atom. The van der Waals surface area contributed by atoms with E-state index in [1.807, 2.05) is 12.1 Å². The molecule has 0 spiro atoms. The maximum atomic E-state index is 12.7. The van der Waals surface area contributed by atoms with Crippen LogP contribution < -0.4 is 16.0 Å². The van der Waals surface area contributed by atoms with Crippen LogP contribution >= 0.6 is 23.1 Å². The number of ether oxygens (including phenoxy) is 1. The lowest BCUT2D eigenvalue weighted by atomic mass is 10.0. The molecule has 11 heteroatoms. The van der Waals surface area contributed by atoms with E-state index in [-0.39, 0.29) is 6.61 Å². The highest BCUT2D eigenvalue weighted by molar-refractivity contribution is 8.01. The summed E-state index contributed by atoms with van der Waals surface area (Å²) in [7, 11) is 0. The van der Waals surface area contributed by atoms with Gasteiger partial charge in [0.2, 0.25) is 5.13 Å². The van der Waals surface area contributed by atoms with Crippen molar-refractivity contribution in [2.75, 3.05) is 17.7 Å². The van der Waals surface area contributed by atoms with Crippen molar-refractivity contribution in [3.05, 3.63) is 65.3 Å². The van der Waals surface area contributed by atoms with Gasteiger partial charge in [0.1, 0.15) is 11.8 Å². The van der Waals surface area contributed by atoms with Crippen LogP contribution in [0.5, 0.6) is 0 Å². The number of rotatable bonds is 9. The molecule has 9 nitrogen and oxygen atoms in total. The third-order valence-corrected chi connectivity index (χ3v) is 6.84. The Balaban J connectivity index is 1.50. The van der Waals surface area contributed by atoms with Gasteiger partial charge in [-0.1, -0.05) is 42.2 Å². The van der Waals surface area contributed by atoms with Gasteiger partial charge in [0, 0.05) is 17.1 Å². The molecule has 4 rings (SSSR count). The molecule has 0 radical (unpaired) electrons. The second kappa shape index (κ2) is 10.5. The minimum atomic E-state index is -0.735. The van der Waals surface area contributed by atoms with Crippen molar-refractivity contribution < 1.29 is 18.7 Å². The van der Waals surface area contributed by atoms with Gasteiger partial charge in [0.05, 0.1) is 18.4 Å². The lowest BCUT2D eigenvalue weighted by Gasteiger charge is -2.27. The molecule has 33 heavy (non-hydrogen) atoms. The van der Waals surface area contributed by atoms with Crippen molar-refractivity contribution in [1.29, 1.82) is 0 Å². The van der Waals surface area contributed by atoms with E-state index in [1.165, 1.54) is 34.9 Å². The van der Waals surface area contributed by atoms with Gasteiger partial charge in [-0.15, -0.1) is 10.2 Å². The van der Waals surface area contributed by atoms with Gasteiger partial charge in [-0.3, -0.25) is 0 Å². The average molecular weight is 486 g/mol. The second-order valence-corrected chi connectivity index (χ2v) is 9.20. The molecule has 0 saturated carbocycles. The zero-order chi connectivity index (χ0) is 23.2. The van der Waals surface area contributed by atoms with E-state index in [0.717, 1.165) is 12.1 Å². The van der Waals surface area contributed by atoms with Crippen LogP contribution in [0.15, 0.2) is 62.7 Å². The molecule has 0 bridgehead atoms. The van der Waals surface area contributed by atoms with Crippen molar-refractivity contribution in [1.82, 2.24) is 20.8 Å². The molecular weight excluding hydrogens is 462 g/mol. The smallest absolute Gasteiger partial charge is 0.338 e. The van der Waals surface area contributed by atoms with E-state index in [9.17, 15) is 9.59 Å². The molecule has 0 fully saturated rings. The second-order valence-electron chi connectivity index (χ2n) is 7.00. The first-order valence-electron chi connectivity index (χ1n) is 10.4. The summed E-state index contributed by atoms with van der Waals surface area (Å²) >= 11 is 2.76. The van der Waals surface area contributed by atoms with Gasteiger partial charge >= 0.3 is 12.0 Å². The van der Waals surface area contributed by atoms with Crippen LogP contribution in [0.4, 0.5) is 15.6 Å². The zero-order valence-corrected chi connectivity index (χ0v) is 19.7. The van der Waals surface area contributed by atoms with Crippen LogP contribution in [0.3, 0.4) is 0 Å². The summed E-state index contributed by atoms with van der Waals surface area (Å²) in [5.41, 5.74) is 2.94. The number of thioether (sulfide) groups is 1. The van der Waals surface area contributed by atoms with Crippen LogP contribution in [0.2, 0.25) is 0 Å². The maximum Gasteiger partial charge on any atom is 0.338 e. The van der Waals surface area contributed by atoms with Crippen LogP contribution in [0.25, 0.3) is 0 Å². The molecule has 3 heterocycles. The molecular formula is C22H23N5O4S2. The monoisotopic (exact) mass is 485 g/mol. The van der Waals surface area contributed by atoms with Crippen molar-refractivity contribution >= 4 is 45.9 Å². The molecule has 2 aromatic heterocycles. The highest BCUT2D eigenvalue weighted by Gasteiger charge is 2.35. The predicted molar refractivity (Wildman–Crippen MR) is 127 cm³/mol. The number of esters is 1. The molecule has 1 aliphatic heterocycles. The summed E-state index contributed by atoms with van der Waals surface area (Å²) in [4.78, 5) is 25.0. The molecule has 172 valence electrons.